The molecule has 0 spiro atoms. The third kappa shape index (κ3) is 3.58. The van der Waals surface area contributed by atoms with Crippen LogP contribution in [0.4, 0.5) is 0 Å². The van der Waals surface area contributed by atoms with E-state index in [4.69, 9.17) is 9.47 Å². The van der Waals surface area contributed by atoms with E-state index in [9.17, 15) is 5.11 Å². The van der Waals surface area contributed by atoms with Gasteiger partial charge in [-0.25, -0.2) is 0 Å². The average Bonchev–Trinajstić information content (AvgIpc) is 2.43. The standard InChI is InChI=1S/C16H22O3/c1-16(10-4-3-5-15(16)17)12-19-11-13-6-8-14(18-2)9-7-13/h3-4,6-9,15,17H,5,10-12H2,1-2H3/t15-,16-/m1/s1. The molecule has 19 heavy (non-hydrogen) atoms. The van der Waals surface area contributed by atoms with Crippen LogP contribution in [0.2, 0.25) is 0 Å². The van der Waals surface area contributed by atoms with Gasteiger partial charge in [0.15, 0.2) is 0 Å². The van der Waals surface area contributed by atoms with E-state index in [1.807, 2.05) is 30.3 Å². The maximum atomic E-state index is 10.0. The zero-order valence-corrected chi connectivity index (χ0v) is 11.6. The molecule has 0 fully saturated rings. The van der Waals surface area contributed by atoms with Gasteiger partial charge in [0, 0.05) is 5.41 Å². The number of ether oxygens (including phenoxy) is 2. The topological polar surface area (TPSA) is 38.7 Å². The molecule has 2 atom stereocenters. The van der Waals surface area contributed by atoms with Crippen LogP contribution in [0.3, 0.4) is 0 Å². The highest BCUT2D eigenvalue weighted by molar-refractivity contribution is 5.26. The molecule has 3 heteroatoms. The van der Waals surface area contributed by atoms with Gasteiger partial charge in [-0.2, -0.15) is 0 Å². The fourth-order valence-electron chi connectivity index (χ4n) is 2.28. The minimum Gasteiger partial charge on any atom is -0.497 e. The van der Waals surface area contributed by atoms with E-state index in [1.165, 1.54) is 0 Å². The number of hydrogen-bond acceptors (Lipinski definition) is 3. The molecule has 0 unspecified atom stereocenters. The number of hydrogen-bond donors (Lipinski definition) is 1. The Kier molecular flexibility index (Phi) is 4.61. The Morgan fingerprint density at radius 1 is 1.26 bits per heavy atom. The summed E-state index contributed by atoms with van der Waals surface area (Å²) in [7, 11) is 1.66. The monoisotopic (exact) mass is 262 g/mol. The predicted octanol–water partition coefficient (Wildman–Crippen LogP) is 2.93. The summed E-state index contributed by atoms with van der Waals surface area (Å²) >= 11 is 0. The molecule has 0 saturated carbocycles. The lowest BCUT2D eigenvalue weighted by atomic mass is 9.77. The second-order valence-corrected chi connectivity index (χ2v) is 5.42. The van der Waals surface area contributed by atoms with Gasteiger partial charge in [0.2, 0.25) is 0 Å². The normalized spacial score (nSPS) is 26.4. The smallest absolute Gasteiger partial charge is 0.118 e. The number of benzene rings is 1. The van der Waals surface area contributed by atoms with Crippen molar-refractivity contribution >= 4 is 0 Å². The minimum atomic E-state index is -0.312. The highest BCUT2D eigenvalue weighted by Crippen LogP contribution is 2.33. The summed E-state index contributed by atoms with van der Waals surface area (Å²) in [6, 6.07) is 7.86. The molecule has 3 nitrogen and oxygen atoms in total. The van der Waals surface area contributed by atoms with E-state index in [0.717, 1.165) is 24.2 Å². The first-order valence-corrected chi connectivity index (χ1v) is 6.68. The Morgan fingerprint density at radius 3 is 2.63 bits per heavy atom. The van der Waals surface area contributed by atoms with Gasteiger partial charge in [-0.1, -0.05) is 31.2 Å². The summed E-state index contributed by atoms with van der Waals surface area (Å²) in [6.45, 7) is 3.22. The lowest BCUT2D eigenvalue weighted by molar-refractivity contribution is -0.0402. The molecule has 1 N–H and O–H groups in total. The first kappa shape index (κ1) is 14.1. The molecule has 0 aromatic heterocycles. The Labute approximate surface area is 114 Å². The Hall–Kier alpha value is -1.32. The van der Waals surface area contributed by atoms with Crippen LogP contribution in [0.5, 0.6) is 5.75 Å². The van der Waals surface area contributed by atoms with E-state index in [2.05, 4.69) is 13.0 Å². The van der Waals surface area contributed by atoms with Crippen molar-refractivity contribution in [1.82, 2.24) is 0 Å². The number of aliphatic hydroxyl groups is 1. The summed E-state index contributed by atoms with van der Waals surface area (Å²) in [5.74, 6) is 0.851. The van der Waals surface area contributed by atoms with Crippen molar-refractivity contribution in [2.45, 2.75) is 32.5 Å². The molecule has 1 aromatic carbocycles. The highest BCUT2D eigenvalue weighted by Gasteiger charge is 2.33. The summed E-state index contributed by atoms with van der Waals surface area (Å²) in [5, 5.41) is 10.0. The Bertz CT molecular complexity index is 424. The molecule has 0 saturated heterocycles. The van der Waals surface area contributed by atoms with Gasteiger partial charge in [0.1, 0.15) is 5.75 Å². The van der Waals surface area contributed by atoms with Crippen LogP contribution in [0.1, 0.15) is 25.3 Å². The summed E-state index contributed by atoms with van der Waals surface area (Å²) in [4.78, 5) is 0. The summed E-state index contributed by atoms with van der Waals surface area (Å²) < 4.78 is 10.9. The molecule has 1 aliphatic rings. The summed E-state index contributed by atoms with van der Waals surface area (Å²) in [6.07, 6.45) is 5.45. The van der Waals surface area contributed by atoms with Gasteiger partial charge in [0.05, 0.1) is 26.4 Å². The van der Waals surface area contributed by atoms with Crippen LogP contribution in [-0.2, 0) is 11.3 Å². The fraction of sp³-hybridized carbons (Fsp3) is 0.500. The molecule has 0 bridgehead atoms. The largest absolute Gasteiger partial charge is 0.497 e. The first-order valence-electron chi connectivity index (χ1n) is 6.68. The quantitative estimate of drug-likeness (QED) is 0.829. The lowest BCUT2D eigenvalue weighted by Gasteiger charge is -2.35. The van der Waals surface area contributed by atoms with E-state index in [0.29, 0.717) is 13.2 Å². The second-order valence-electron chi connectivity index (χ2n) is 5.42. The second kappa shape index (κ2) is 6.22. The molecule has 0 amide bonds. The molecule has 2 rings (SSSR count). The van der Waals surface area contributed by atoms with Crippen LogP contribution in [-0.4, -0.2) is 24.9 Å². The van der Waals surface area contributed by atoms with Crippen LogP contribution in [0.25, 0.3) is 0 Å². The van der Waals surface area contributed by atoms with Gasteiger partial charge in [-0.3, -0.25) is 0 Å². The molecule has 1 aromatic rings. The van der Waals surface area contributed by atoms with Crippen molar-refractivity contribution in [2.24, 2.45) is 5.41 Å². The zero-order valence-electron chi connectivity index (χ0n) is 11.6. The first-order chi connectivity index (χ1) is 9.14. The lowest BCUT2D eigenvalue weighted by Crippen LogP contribution is -2.37. The van der Waals surface area contributed by atoms with Crippen molar-refractivity contribution in [1.29, 1.82) is 0 Å². The third-order valence-corrected chi connectivity index (χ3v) is 3.77. The van der Waals surface area contributed by atoms with E-state index < -0.39 is 0 Å². The van der Waals surface area contributed by atoms with Crippen LogP contribution >= 0.6 is 0 Å². The Balaban J connectivity index is 1.84. The maximum Gasteiger partial charge on any atom is 0.118 e. The minimum absolute atomic E-state index is 0.165. The number of rotatable bonds is 5. The van der Waals surface area contributed by atoms with Crippen LogP contribution in [0, 0.1) is 5.41 Å². The molecule has 104 valence electrons. The van der Waals surface area contributed by atoms with Crippen LogP contribution in [0.15, 0.2) is 36.4 Å². The molecule has 0 aliphatic heterocycles. The van der Waals surface area contributed by atoms with Gasteiger partial charge in [-0.15, -0.1) is 0 Å². The SMILES string of the molecule is COc1ccc(COC[C@@]2(C)CC=CC[C@H]2O)cc1. The zero-order chi connectivity index (χ0) is 13.7. The predicted molar refractivity (Wildman–Crippen MR) is 75.1 cm³/mol. The molecule has 0 heterocycles. The van der Waals surface area contributed by atoms with E-state index in [1.54, 1.807) is 7.11 Å². The Morgan fingerprint density at radius 2 is 2.00 bits per heavy atom. The van der Waals surface area contributed by atoms with Crippen molar-refractivity contribution in [3.8, 4) is 5.75 Å². The van der Waals surface area contributed by atoms with Crippen molar-refractivity contribution in [3.63, 3.8) is 0 Å². The maximum absolute atomic E-state index is 10.0. The van der Waals surface area contributed by atoms with Gasteiger partial charge < -0.3 is 14.6 Å². The number of methoxy groups -OCH3 is 1. The number of aliphatic hydroxyl groups excluding tert-OH is 1. The molecule has 1 aliphatic carbocycles. The number of allylic oxidation sites excluding steroid dienone is 1. The molecule has 0 radical (unpaired) electrons. The fourth-order valence-corrected chi connectivity index (χ4v) is 2.28. The molecular weight excluding hydrogens is 240 g/mol. The van der Waals surface area contributed by atoms with Gasteiger partial charge in [0.25, 0.3) is 0 Å². The van der Waals surface area contributed by atoms with Crippen molar-refractivity contribution in [3.05, 3.63) is 42.0 Å². The molecular formula is C16H22O3. The summed E-state index contributed by atoms with van der Waals surface area (Å²) in [5.41, 5.74) is 0.951. The van der Waals surface area contributed by atoms with Crippen molar-refractivity contribution in [2.75, 3.05) is 13.7 Å². The van der Waals surface area contributed by atoms with E-state index in [-0.39, 0.29) is 11.5 Å². The van der Waals surface area contributed by atoms with Crippen molar-refractivity contribution < 1.29 is 14.6 Å². The average molecular weight is 262 g/mol. The van der Waals surface area contributed by atoms with Gasteiger partial charge in [-0.05, 0) is 30.5 Å². The van der Waals surface area contributed by atoms with Gasteiger partial charge >= 0.3 is 0 Å². The van der Waals surface area contributed by atoms with Crippen LogP contribution < -0.4 is 4.74 Å². The van der Waals surface area contributed by atoms with E-state index >= 15 is 0 Å². The third-order valence-electron chi connectivity index (χ3n) is 3.77. The highest BCUT2D eigenvalue weighted by atomic mass is 16.5.